The van der Waals surface area contributed by atoms with E-state index < -0.39 is 12.2 Å². The molecule has 0 aliphatic rings. The molecule has 1 unspecified atom stereocenters. The second-order valence-electron chi connectivity index (χ2n) is 4.07. The van der Waals surface area contributed by atoms with Gasteiger partial charge in [-0.15, -0.1) is 0 Å². The number of alkyl halides is 3. The lowest BCUT2D eigenvalue weighted by atomic mass is 10.0. The molecule has 0 aromatic carbocycles. The van der Waals surface area contributed by atoms with Gasteiger partial charge in [0.15, 0.2) is 0 Å². The van der Waals surface area contributed by atoms with Crippen LogP contribution in [0.15, 0.2) is 0 Å². The van der Waals surface area contributed by atoms with E-state index in [0.717, 1.165) is 0 Å². The van der Waals surface area contributed by atoms with Crippen LogP contribution < -0.4 is 5.73 Å². The van der Waals surface area contributed by atoms with Crippen molar-refractivity contribution in [3.05, 3.63) is 0 Å². The maximum absolute atomic E-state index is 12.9. The number of halogens is 3. The van der Waals surface area contributed by atoms with Gasteiger partial charge in [-0.3, -0.25) is 4.90 Å². The van der Waals surface area contributed by atoms with Crippen LogP contribution in [-0.2, 0) is 0 Å². The summed E-state index contributed by atoms with van der Waals surface area (Å²) in [6, 6.07) is -1.72. The fourth-order valence-electron chi connectivity index (χ4n) is 2.14. The van der Waals surface area contributed by atoms with E-state index in [-0.39, 0.29) is 32.2 Å². The Balaban J connectivity index is 4.93. The molecule has 0 rings (SSSR count). The number of aliphatic hydroxyl groups excluding tert-OH is 1. The molecule has 17 heavy (non-hydrogen) atoms. The molecular weight excluding hydrogens is 233 g/mol. The van der Waals surface area contributed by atoms with Crippen molar-refractivity contribution in [1.29, 1.82) is 0 Å². The van der Waals surface area contributed by atoms with Gasteiger partial charge in [-0.05, 0) is 25.8 Å². The molecule has 3 nitrogen and oxygen atoms in total. The number of aliphatic hydroxyl groups is 1. The van der Waals surface area contributed by atoms with Crippen LogP contribution >= 0.6 is 0 Å². The maximum atomic E-state index is 12.9. The second kappa shape index (κ2) is 7.89. The quantitative estimate of drug-likeness (QED) is 0.695. The highest BCUT2D eigenvalue weighted by molar-refractivity contribution is 4.83. The first-order chi connectivity index (χ1) is 7.92. The highest BCUT2D eigenvalue weighted by Gasteiger charge is 2.44. The van der Waals surface area contributed by atoms with E-state index in [1.165, 1.54) is 4.90 Å². The Bertz CT molecular complexity index is 196. The van der Waals surface area contributed by atoms with Crippen molar-refractivity contribution < 1.29 is 18.3 Å². The summed E-state index contributed by atoms with van der Waals surface area (Å²) in [4.78, 5) is 1.34. The number of nitrogens with two attached hydrogens (primary N) is 1. The predicted octanol–water partition coefficient (Wildman–Crippen LogP) is 1.75. The Kier molecular flexibility index (Phi) is 7.74. The van der Waals surface area contributed by atoms with Gasteiger partial charge in [0.1, 0.15) is 6.04 Å². The van der Waals surface area contributed by atoms with Crippen LogP contribution in [0.5, 0.6) is 0 Å². The fraction of sp³-hybridized carbons (Fsp3) is 1.00. The molecular formula is C11H23F3N2O. The van der Waals surface area contributed by atoms with Crippen LogP contribution in [0.3, 0.4) is 0 Å². The number of rotatable bonds is 8. The van der Waals surface area contributed by atoms with Gasteiger partial charge in [-0.2, -0.15) is 13.2 Å². The highest BCUT2D eigenvalue weighted by Crippen LogP contribution is 2.29. The third-order valence-electron chi connectivity index (χ3n) is 2.99. The topological polar surface area (TPSA) is 49.5 Å². The summed E-state index contributed by atoms with van der Waals surface area (Å²) in [7, 11) is 0. The Morgan fingerprint density at radius 2 is 1.76 bits per heavy atom. The van der Waals surface area contributed by atoms with Crippen molar-refractivity contribution in [3.8, 4) is 0 Å². The molecule has 6 heteroatoms. The van der Waals surface area contributed by atoms with E-state index in [9.17, 15) is 13.2 Å². The zero-order chi connectivity index (χ0) is 13.5. The largest absolute Gasteiger partial charge is 0.404 e. The molecule has 1 atom stereocenters. The summed E-state index contributed by atoms with van der Waals surface area (Å²) >= 11 is 0. The van der Waals surface area contributed by atoms with Gasteiger partial charge in [0.25, 0.3) is 0 Å². The highest BCUT2D eigenvalue weighted by atomic mass is 19.4. The average Bonchev–Trinajstić information content (AvgIpc) is 2.25. The van der Waals surface area contributed by atoms with Gasteiger partial charge in [-0.25, -0.2) is 0 Å². The molecule has 0 spiro atoms. The van der Waals surface area contributed by atoms with Crippen molar-refractivity contribution in [1.82, 2.24) is 4.90 Å². The van der Waals surface area contributed by atoms with E-state index in [0.29, 0.717) is 12.8 Å². The predicted molar refractivity (Wildman–Crippen MR) is 61.7 cm³/mol. The summed E-state index contributed by atoms with van der Waals surface area (Å²) in [6.45, 7) is 3.47. The Morgan fingerprint density at radius 1 is 1.24 bits per heavy atom. The SMILES string of the molecule is CCC(CC)N(CCO)C(CCN)C(F)(F)F. The monoisotopic (exact) mass is 256 g/mol. The smallest absolute Gasteiger partial charge is 0.395 e. The van der Waals surface area contributed by atoms with Crippen LogP contribution in [0.4, 0.5) is 13.2 Å². The molecule has 0 aromatic heterocycles. The molecule has 0 saturated heterocycles. The first kappa shape index (κ1) is 16.7. The zero-order valence-electron chi connectivity index (χ0n) is 10.5. The molecule has 0 bridgehead atoms. The molecule has 0 aromatic rings. The molecule has 0 aliphatic carbocycles. The molecule has 0 radical (unpaired) electrons. The summed E-state index contributed by atoms with van der Waals surface area (Å²) < 4.78 is 38.8. The molecule has 104 valence electrons. The minimum absolute atomic E-state index is 0.00768. The Morgan fingerprint density at radius 3 is 2.06 bits per heavy atom. The van der Waals surface area contributed by atoms with Gasteiger partial charge in [0.05, 0.1) is 6.61 Å². The first-order valence-electron chi connectivity index (χ1n) is 6.05. The van der Waals surface area contributed by atoms with Crippen LogP contribution in [0.25, 0.3) is 0 Å². The lowest BCUT2D eigenvalue weighted by Gasteiger charge is -2.38. The van der Waals surface area contributed by atoms with Crippen LogP contribution in [0.2, 0.25) is 0 Å². The summed E-state index contributed by atoms with van der Waals surface area (Å²) in [6.07, 6.45) is -3.15. The second-order valence-corrected chi connectivity index (χ2v) is 4.07. The average molecular weight is 256 g/mol. The zero-order valence-corrected chi connectivity index (χ0v) is 10.5. The number of hydrogen-bond donors (Lipinski definition) is 2. The molecule has 0 aliphatic heterocycles. The Hall–Kier alpha value is -0.330. The van der Waals surface area contributed by atoms with E-state index in [2.05, 4.69) is 0 Å². The van der Waals surface area contributed by atoms with E-state index >= 15 is 0 Å². The Labute approximate surface area is 101 Å². The van der Waals surface area contributed by atoms with Crippen molar-refractivity contribution in [2.45, 2.75) is 51.4 Å². The fourth-order valence-corrected chi connectivity index (χ4v) is 2.14. The van der Waals surface area contributed by atoms with Crippen LogP contribution in [-0.4, -0.2) is 48.0 Å². The maximum Gasteiger partial charge on any atom is 0.404 e. The standard InChI is InChI=1S/C11H23F3N2O/c1-3-9(4-2)16(7-8-17)10(5-6-15)11(12,13)14/h9-10,17H,3-8,15H2,1-2H3. The van der Waals surface area contributed by atoms with Crippen LogP contribution in [0, 0.1) is 0 Å². The lowest BCUT2D eigenvalue weighted by Crippen LogP contribution is -2.52. The summed E-state index contributed by atoms with van der Waals surface area (Å²) in [5.41, 5.74) is 5.25. The first-order valence-corrected chi connectivity index (χ1v) is 6.05. The van der Waals surface area contributed by atoms with E-state index in [1.54, 1.807) is 0 Å². The third-order valence-corrected chi connectivity index (χ3v) is 2.99. The van der Waals surface area contributed by atoms with Crippen molar-refractivity contribution in [2.75, 3.05) is 19.7 Å². The third kappa shape index (κ3) is 5.23. The van der Waals surface area contributed by atoms with Crippen molar-refractivity contribution in [2.24, 2.45) is 5.73 Å². The summed E-state index contributed by atoms with van der Waals surface area (Å²) in [5.74, 6) is 0. The van der Waals surface area contributed by atoms with E-state index in [4.69, 9.17) is 10.8 Å². The molecule has 0 heterocycles. The lowest BCUT2D eigenvalue weighted by molar-refractivity contribution is -0.192. The number of hydrogen-bond acceptors (Lipinski definition) is 3. The molecule has 0 amide bonds. The van der Waals surface area contributed by atoms with Gasteiger partial charge < -0.3 is 10.8 Å². The van der Waals surface area contributed by atoms with Crippen LogP contribution in [0.1, 0.15) is 33.1 Å². The minimum Gasteiger partial charge on any atom is -0.395 e. The van der Waals surface area contributed by atoms with Crippen molar-refractivity contribution >= 4 is 0 Å². The van der Waals surface area contributed by atoms with E-state index in [1.807, 2.05) is 13.8 Å². The normalized spacial score (nSPS) is 14.6. The van der Waals surface area contributed by atoms with Gasteiger partial charge in [-0.1, -0.05) is 13.8 Å². The number of nitrogens with zero attached hydrogens (tertiary/aromatic N) is 1. The molecule has 3 N–H and O–H groups in total. The van der Waals surface area contributed by atoms with Gasteiger partial charge in [0, 0.05) is 12.6 Å². The summed E-state index contributed by atoms with van der Waals surface area (Å²) in [5, 5.41) is 8.92. The molecule has 0 saturated carbocycles. The van der Waals surface area contributed by atoms with Crippen molar-refractivity contribution in [3.63, 3.8) is 0 Å². The molecule has 0 fully saturated rings. The van der Waals surface area contributed by atoms with Gasteiger partial charge >= 0.3 is 6.18 Å². The minimum atomic E-state index is -4.29. The van der Waals surface area contributed by atoms with Gasteiger partial charge in [0.2, 0.25) is 0 Å².